The van der Waals surface area contributed by atoms with Gasteiger partial charge in [-0.15, -0.1) is 0 Å². The zero-order valence-corrected chi connectivity index (χ0v) is 9.64. The molecule has 0 unspecified atom stereocenters. The van der Waals surface area contributed by atoms with Gasteiger partial charge < -0.3 is 5.73 Å². The van der Waals surface area contributed by atoms with Crippen molar-refractivity contribution in [2.75, 3.05) is 5.73 Å². The zero-order valence-electron chi connectivity index (χ0n) is 8.82. The fraction of sp³-hybridized carbons (Fsp3) is 0.273. The third-order valence-corrected chi connectivity index (χ3v) is 3.12. The minimum absolute atomic E-state index is 0.544. The van der Waals surface area contributed by atoms with Crippen LogP contribution in [0.25, 0.3) is 11.4 Å². The van der Waals surface area contributed by atoms with Crippen LogP contribution in [-0.4, -0.2) is 9.97 Å². The van der Waals surface area contributed by atoms with Gasteiger partial charge in [-0.2, -0.15) is 11.3 Å². The molecule has 2 aromatic rings. The molecule has 0 aromatic carbocycles. The lowest BCUT2D eigenvalue weighted by Crippen LogP contribution is -1.99. The zero-order chi connectivity index (χ0) is 10.8. The van der Waals surface area contributed by atoms with Gasteiger partial charge in [-0.25, -0.2) is 9.97 Å². The Morgan fingerprint density at radius 1 is 1.33 bits per heavy atom. The fourth-order valence-electron chi connectivity index (χ4n) is 1.41. The van der Waals surface area contributed by atoms with Crippen LogP contribution in [0.1, 0.15) is 18.2 Å². The molecule has 2 rings (SSSR count). The Morgan fingerprint density at radius 3 is 2.73 bits per heavy atom. The van der Waals surface area contributed by atoms with Crippen molar-refractivity contribution in [3.8, 4) is 11.4 Å². The highest BCUT2D eigenvalue weighted by Crippen LogP contribution is 2.24. The predicted molar refractivity (Wildman–Crippen MR) is 63.9 cm³/mol. The maximum atomic E-state index is 5.74. The van der Waals surface area contributed by atoms with E-state index in [0.717, 1.165) is 23.5 Å². The third kappa shape index (κ3) is 1.99. The first kappa shape index (κ1) is 10.1. The summed E-state index contributed by atoms with van der Waals surface area (Å²) >= 11 is 1.66. The quantitative estimate of drug-likeness (QED) is 0.844. The van der Waals surface area contributed by atoms with E-state index < -0.39 is 0 Å². The van der Waals surface area contributed by atoms with Crippen LogP contribution in [0.3, 0.4) is 0 Å². The van der Waals surface area contributed by atoms with E-state index in [9.17, 15) is 0 Å². The summed E-state index contributed by atoms with van der Waals surface area (Å²) in [7, 11) is 0. The molecule has 2 N–H and O–H groups in total. The molecular formula is C11H13N3S. The molecule has 78 valence electrons. The average molecular weight is 219 g/mol. The average Bonchev–Trinajstić information content (AvgIpc) is 2.63. The van der Waals surface area contributed by atoms with Crippen LogP contribution in [0.2, 0.25) is 0 Å². The van der Waals surface area contributed by atoms with Gasteiger partial charge in [0.15, 0.2) is 5.82 Å². The van der Waals surface area contributed by atoms with Gasteiger partial charge in [0.05, 0.1) is 0 Å². The molecular weight excluding hydrogens is 206 g/mol. The second-order valence-electron chi connectivity index (χ2n) is 3.43. The SMILES string of the molecule is CCc1cc(N)nc(-c2cscc2C)n1. The highest BCUT2D eigenvalue weighted by atomic mass is 32.1. The lowest BCUT2D eigenvalue weighted by molar-refractivity contribution is 1.01. The molecule has 0 aliphatic rings. The number of nitrogens with two attached hydrogens (primary N) is 1. The topological polar surface area (TPSA) is 51.8 Å². The van der Waals surface area contributed by atoms with E-state index in [2.05, 4.69) is 34.6 Å². The summed E-state index contributed by atoms with van der Waals surface area (Å²) in [6.45, 7) is 4.12. The Morgan fingerprint density at radius 2 is 2.13 bits per heavy atom. The van der Waals surface area contributed by atoms with Crippen LogP contribution in [-0.2, 0) is 6.42 Å². The van der Waals surface area contributed by atoms with E-state index in [1.165, 1.54) is 5.56 Å². The lowest BCUT2D eigenvalue weighted by atomic mass is 10.2. The van der Waals surface area contributed by atoms with E-state index >= 15 is 0 Å². The van der Waals surface area contributed by atoms with Gasteiger partial charge in [-0.1, -0.05) is 6.92 Å². The van der Waals surface area contributed by atoms with Crippen molar-refractivity contribution in [2.45, 2.75) is 20.3 Å². The number of thiophene rings is 1. The number of aromatic nitrogens is 2. The molecule has 0 aliphatic heterocycles. The third-order valence-electron chi connectivity index (χ3n) is 2.26. The molecule has 0 radical (unpaired) electrons. The normalized spacial score (nSPS) is 10.5. The summed E-state index contributed by atoms with van der Waals surface area (Å²) < 4.78 is 0. The van der Waals surface area contributed by atoms with E-state index in [-0.39, 0.29) is 0 Å². The molecule has 0 saturated heterocycles. The van der Waals surface area contributed by atoms with E-state index in [0.29, 0.717) is 5.82 Å². The Kier molecular flexibility index (Phi) is 2.68. The molecule has 15 heavy (non-hydrogen) atoms. The van der Waals surface area contributed by atoms with Gasteiger partial charge in [0, 0.05) is 22.7 Å². The Hall–Kier alpha value is -1.42. The first-order valence-corrected chi connectivity index (χ1v) is 5.81. The summed E-state index contributed by atoms with van der Waals surface area (Å²) in [6, 6.07) is 1.82. The van der Waals surface area contributed by atoms with Crippen LogP contribution in [0.5, 0.6) is 0 Å². The Labute approximate surface area is 93.0 Å². The number of aryl methyl sites for hydroxylation is 2. The van der Waals surface area contributed by atoms with E-state index in [1.54, 1.807) is 11.3 Å². The first-order chi connectivity index (χ1) is 7.20. The first-order valence-electron chi connectivity index (χ1n) is 4.87. The Balaban J connectivity index is 2.53. The van der Waals surface area contributed by atoms with Crippen molar-refractivity contribution < 1.29 is 0 Å². The number of anilines is 1. The van der Waals surface area contributed by atoms with Crippen LogP contribution in [0.4, 0.5) is 5.82 Å². The lowest BCUT2D eigenvalue weighted by Gasteiger charge is -2.03. The summed E-state index contributed by atoms with van der Waals surface area (Å²) in [5, 5.41) is 4.15. The van der Waals surface area contributed by atoms with Crippen molar-refractivity contribution in [3.05, 3.63) is 28.1 Å². The molecule has 0 saturated carbocycles. The van der Waals surface area contributed by atoms with Gasteiger partial charge in [0.2, 0.25) is 0 Å². The van der Waals surface area contributed by atoms with Crippen LogP contribution in [0, 0.1) is 6.92 Å². The monoisotopic (exact) mass is 219 g/mol. The maximum Gasteiger partial charge on any atom is 0.162 e. The smallest absolute Gasteiger partial charge is 0.162 e. The van der Waals surface area contributed by atoms with Crippen LogP contribution in [0.15, 0.2) is 16.8 Å². The molecule has 3 nitrogen and oxygen atoms in total. The molecule has 0 bridgehead atoms. The molecule has 4 heteroatoms. The maximum absolute atomic E-state index is 5.74. The van der Waals surface area contributed by atoms with Crippen molar-refractivity contribution in [1.29, 1.82) is 0 Å². The molecule has 0 atom stereocenters. The van der Waals surface area contributed by atoms with Gasteiger partial charge in [-0.3, -0.25) is 0 Å². The molecule has 0 fully saturated rings. The van der Waals surface area contributed by atoms with Gasteiger partial charge in [0.25, 0.3) is 0 Å². The van der Waals surface area contributed by atoms with Gasteiger partial charge >= 0.3 is 0 Å². The van der Waals surface area contributed by atoms with Crippen molar-refractivity contribution >= 4 is 17.2 Å². The molecule has 2 heterocycles. The minimum atomic E-state index is 0.544. The van der Waals surface area contributed by atoms with E-state index in [1.807, 2.05) is 6.07 Å². The number of rotatable bonds is 2. The summed E-state index contributed by atoms with van der Waals surface area (Å²) in [4.78, 5) is 8.73. The highest BCUT2D eigenvalue weighted by Gasteiger charge is 2.07. The second kappa shape index (κ2) is 3.98. The van der Waals surface area contributed by atoms with Crippen LogP contribution >= 0.6 is 11.3 Å². The van der Waals surface area contributed by atoms with Crippen molar-refractivity contribution in [1.82, 2.24) is 9.97 Å². The Bertz CT molecular complexity index is 476. The summed E-state index contributed by atoms with van der Waals surface area (Å²) in [5.41, 5.74) is 9.02. The standard InChI is InChI=1S/C11H13N3S/c1-3-8-4-10(12)14-11(13-8)9-6-15-5-7(9)2/h4-6H,3H2,1-2H3,(H2,12,13,14). The number of nitrogen functional groups attached to an aromatic ring is 1. The van der Waals surface area contributed by atoms with Gasteiger partial charge in [0.1, 0.15) is 5.82 Å². The number of nitrogens with zero attached hydrogens (tertiary/aromatic N) is 2. The summed E-state index contributed by atoms with van der Waals surface area (Å²) in [6.07, 6.45) is 0.878. The number of hydrogen-bond donors (Lipinski definition) is 1. The van der Waals surface area contributed by atoms with Crippen LogP contribution < -0.4 is 5.73 Å². The van der Waals surface area contributed by atoms with E-state index in [4.69, 9.17) is 5.73 Å². The van der Waals surface area contributed by atoms with Crippen molar-refractivity contribution in [2.24, 2.45) is 0 Å². The minimum Gasteiger partial charge on any atom is -0.384 e. The molecule has 0 aliphatic carbocycles. The largest absolute Gasteiger partial charge is 0.384 e. The summed E-state index contributed by atoms with van der Waals surface area (Å²) in [5.74, 6) is 1.29. The van der Waals surface area contributed by atoms with Crippen molar-refractivity contribution in [3.63, 3.8) is 0 Å². The van der Waals surface area contributed by atoms with Gasteiger partial charge in [-0.05, 0) is 24.3 Å². The highest BCUT2D eigenvalue weighted by molar-refractivity contribution is 7.08. The predicted octanol–water partition coefficient (Wildman–Crippen LogP) is 2.66. The molecule has 2 aromatic heterocycles. The second-order valence-corrected chi connectivity index (χ2v) is 4.17. The fourth-order valence-corrected chi connectivity index (χ4v) is 2.24. The number of hydrogen-bond acceptors (Lipinski definition) is 4. The molecule has 0 spiro atoms. The molecule has 0 amide bonds.